The Kier molecular flexibility index (Phi) is 4.66. The zero-order chi connectivity index (χ0) is 13.0. The number of hydrogen-bond acceptors (Lipinski definition) is 3. The predicted octanol–water partition coefficient (Wildman–Crippen LogP) is 2.67. The van der Waals surface area contributed by atoms with Crippen LogP contribution in [0.15, 0.2) is 4.99 Å². The van der Waals surface area contributed by atoms with E-state index in [1.165, 1.54) is 44.4 Å². The Morgan fingerprint density at radius 1 is 1.33 bits per heavy atom. The molecule has 1 saturated carbocycles. The van der Waals surface area contributed by atoms with Gasteiger partial charge in [0, 0.05) is 25.0 Å². The van der Waals surface area contributed by atoms with Crippen molar-refractivity contribution in [2.45, 2.75) is 57.4 Å². The van der Waals surface area contributed by atoms with Gasteiger partial charge in [-0.15, -0.1) is 0 Å². The highest BCUT2D eigenvalue weighted by Gasteiger charge is 2.36. The van der Waals surface area contributed by atoms with Gasteiger partial charge < -0.3 is 10.2 Å². The highest BCUT2D eigenvalue weighted by molar-refractivity contribution is 5.82. The first-order valence-electron chi connectivity index (χ1n) is 7.57. The monoisotopic (exact) mass is 251 g/mol. The van der Waals surface area contributed by atoms with Crippen LogP contribution in [0.5, 0.6) is 0 Å². The fraction of sp³-hybridized carbons (Fsp3) is 0.933. The van der Waals surface area contributed by atoms with Gasteiger partial charge in [0.25, 0.3) is 0 Å². The summed E-state index contributed by atoms with van der Waals surface area (Å²) in [6.45, 7) is 4.49. The van der Waals surface area contributed by atoms with Crippen molar-refractivity contribution in [2.75, 3.05) is 27.2 Å². The molecule has 1 fully saturated rings. The van der Waals surface area contributed by atoms with Crippen LogP contribution in [0.1, 0.15) is 51.9 Å². The number of likely N-dealkylation sites (N-methyl/N-ethyl adjacent to an activating group) is 1. The molecule has 0 aromatic rings. The minimum absolute atomic E-state index is 0.345. The first-order valence-corrected chi connectivity index (χ1v) is 7.57. The molecule has 3 nitrogen and oxygen atoms in total. The maximum Gasteiger partial charge on any atom is 0.0963 e. The summed E-state index contributed by atoms with van der Waals surface area (Å²) >= 11 is 0. The Labute approximate surface area is 112 Å². The molecule has 0 aromatic carbocycles. The number of hydrogen-bond donors (Lipinski definition) is 1. The standard InChI is InChI=1S/C15H29N3/c1-13-7-6-9-15(11-13,18(2)3)12-17-14-8-4-5-10-16-14/h13H,4-12H2,1-3H3,(H,16,17). The fourth-order valence-electron chi connectivity index (χ4n) is 3.47. The number of nitrogens with one attached hydrogen (secondary N) is 1. The first-order chi connectivity index (χ1) is 8.62. The molecule has 1 heterocycles. The Morgan fingerprint density at radius 3 is 2.78 bits per heavy atom. The van der Waals surface area contributed by atoms with Gasteiger partial charge in [-0.2, -0.15) is 0 Å². The lowest BCUT2D eigenvalue weighted by Crippen LogP contribution is -2.55. The first kappa shape index (κ1) is 13.9. The Bertz CT molecular complexity index is 298. The van der Waals surface area contributed by atoms with Gasteiger partial charge in [0.15, 0.2) is 0 Å². The van der Waals surface area contributed by atoms with E-state index in [0.717, 1.165) is 25.4 Å². The third-order valence-electron chi connectivity index (χ3n) is 4.76. The lowest BCUT2D eigenvalue weighted by atomic mass is 9.75. The third-order valence-corrected chi connectivity index (χ3v) is 4.76. The van der Waals surface area contributed by atoms with Gasteiger partial charge in [-0.25, -0.2) is 0 Å². The number of nitrogens with zero attached hydrogens (tertiary/aromatic N) is 2. The summed E-state index contributed by atoms with van der Waals surface area (Å²) < 4.78 is 0. The summed E-state index contributed by atoms with van der Waals surface area (Å²) in [5.41, 5.74) is 0.345. The second-order valence-electron chi connectivity index (χ2n) is 6.46. The van der Waals surface area contributed by atoms with Gasteiger partial charge in [-0.1, -0.05) is 19.8 Å². The average molecular weight is 251 g/mol. The van der Waals surface area contributed by atoms with Crippen LogP contribution in [0.3, 0.4) is 0 Å². The lowest BCUT2D eigenvalue weighted by molar-refractivity contribution is 0.0796. The van der Waals surface area contributed by atoms with E-state index >= 15 is 0 Å². The van der Waals surface area contributed by atoms with E-state index in [-0.39, 0.29) is 0 Å². The minimum Gasteiger partial charge on any atom is -0.372 e. The fourth-order valence-corrected chi connectivity index (χ4v) is 3.47. The van der Waals surface area contributed by atoms with E-state index in [1.54, 1.807) is 0 Å². The molecule has 104 valence electrons. The summed E-state index contributed by atoms with van der Waals surface area (Å²) in [6.07, 6.45) is 9.13. The SMILES string of the molecule is CC1CCCC(CNC2=NCCCC2)(N(C)C)C1. The molecule has 0 spiro atoms. The molecule has 0 bridgehead atoms. The zero-order valence-electron chi connectivity index (χ0n) is 12.3. The van der Waals surface area contributed by atoms with Crippen molar-refractivity contribution in [1.29, 1.82) is 0 Å². The van der Waals surface area contributed by atoms with Crippen LogP contribution in [0.2, 0.25) is 0 Å². The molecule has 18 heavy (non-hydrogen) atoms. The van der Waals surface area contributed by atoms with Crippen molar-refractivity contribution in [3.8, 4) is 0 Å². The van der Waals surface area contributed by atoms with E-state index < -0.39 is 0 Å². The number of aliphatic imine (C=N–C) groups is 1. The van der Waals surface area contributed by atoms with E-state index in [0.29, 0.717) is 5.54 Å². The minimum atomic E-state index is 0.345. The molecule has 0 aromatic heterocycles. The molecule has 1 aliphatic heterocycles. The molecule has 0 saturated heterocycles. The smallest absolute Gasteiger partial charge is 0.0963 e. The van der Waals surface area contributed by atoms with Gasteiger partial charge in [-0.3, -0.25) is 4.99 Å². The van der Waals surface area contributed by atoms with E-state index in [9.17, 15) is 0 Å². The highest BCUT2D eigenvalue weighted by Crippen LogP contribution is 2.35. The molecule has 0 amide bonds. The van der Waals surface area contributed by atoms with E-state index in [4.69, 9.17) is 0 Å². The molecule has 2 unspecified atom stereocenters. The van der Waals surface area contributed by atoms with Crippen LogP contribution in [0.25, 0.3) is 0 Å². The molecule has 2 aliphatic rings. The van der Waals surface area contributed by atoms with Crippen LogP contribution in [-0.2, 0) is 0 Å². The van der Waals surface area contributed by atoms with Gasteiger partial charge in [0.1, 0.15) is 0 Å². The number of amidine groups is 1. The molecule has 1 aliphatic carbocycles. The summed E-state index contributed by atoms with van der Waals surface area (Å²) in [4.78, 5) is 7.05. The summed E-state index contributed by atoms with van der Waals surface area (Å²) in [6, 6.07) is 0. The van der Waals surface area contributed by atoms with Crippen molar-refractivity contribution >= 4 is 5.84 Å². The average Bonchev–Trinajstić information content (AvgIpc) is 2.37. The van der Waals surface area contributed by atoms with Crippen LogP contribution in [-0.4, -0.2) is 43.5 Å². The van der Waals surface area contributed by atoms with Gasteiger partial charge >= 0.3 is 0 Å². The Morgan fingerprint density at radius 2 is 2.17 bits per heavy atom. The maximum absolute atomic E-state index is 4.61. The summed E-state index contributed by atoms with van der Waals surface area (Å²) in [7, 11) is 4.48. The van der Waals surface area contributed by atoms with Crippen LogP contribution in [0, 0.1) is 5.92 Å². The summed E-state index contributed by atoms with van der Waals surface area (Å²) in [5, 5.41) is 3.64. The van der Waals surface area contributed by atoms with Crippen molar-refractivity contribution in [3.63, 3.8) is 0 Å². The predicted molar refractivity (Wildman–Crippen MR) is 78.2 cm³/mol. The van der Waals surface area contributed by atoms with Gasteiger partial charge in [-0.05, 0) is 45.7 Å². The van der Waals surface area contributed by atoms with Crippen molar-refractivity contribution in [3.05, 3.63) is 0 Å². The summed E-state index contributed by atoms with van der Waals surface area (Å²) in [5.74, 6) is 2.11. The molecular weight excluding hydrogens is 222 g/mol. The third kappa shape index (κ3) is 3.25. The molecule has 3 heteroatoms. The molecule has 1 N–H and O–H groups in total. The molecular formula is C15H29N3. The zero-order valence-corrected chi connectivity index (χ0v) is 12.3. The van der Waals surface area contributed by atoms with Crippen molar-refractivity contribution < 1.29 is 0 Å². The normalized spacial score (nSPS) is 33.3. The molecule has 0 radical (unpaired) electrons. The maximum atomic E-state index is 4.61. The quantitative estimate of drug-likeness (QED) is 0.835. The van der Waals surface area contributed by atoms with Crippen LogP contribution < -0.4 is 5.32 Å². The second-order valence-corrected chi connectivity index (χ2v) is 6.46. The van der Waals surface area contributed by atoms with Crippen LogP contribution >= 0.6 is 0 Å². The van der Waals surface area contributed by atoms with Gasteiger partial charge in [0.05, 0.1) is 5.84 Å². The van der Waals surface area contributed by atoms with Crippen molar-refractivity contribution in [1.82, 2.24) is 10.2 Å². The van der Waals surface area contributed by atoms with Crippen molar-refractivity contribution in [2.24, 2.45) is 10.9 Å². The molecule has 2 rings (SSSR count). The largest absolute Gasteiger partial charge is 0.372 e. The van der Waals surface area contributed by atoms with E-state index in [2.05, 4.69) is 36.2 Å². The Hall–Kier alpha value is -0.570. The second kappa shape index (κ2) is 6.05. The number of rotatable bonds is 3. The molecule has 2 atom stereocenters. The van der Waals surface area contributed by atoms with Crippen LogP contribution in [0.4, 0.5) is 0 Å². The Balaban J connectivity index is 1.95. The highest BCUT2D eigenvalue weighted by atomic mass is 15.2. The topological polar surface area (TPSA) is 27.6 Å². The van der Waals surface area contributed by atoms with Gasteiger partial charge in [0.2, 0.25) is 0 Å². The lowest BCUT2D eigenvalue weighted by Gasteiger charge is -2.45. The van der Waals surface area contributed by atoms with E-state index in [1.807, 2.05) is 0 Å².